The van der Waals surface area contributed by atoms with Gasteiger partial charge in [0, 0.05) is 11.3 Å². The van der Waals surface area contributed by atoms with E-state index in [2.05, 4.69) is 110 Å². The Morgan fingerprint density at radius 1 is 0.969 bits per heavy atom. The first-order valence-electron chi connectivity index (χ1n) is 11.0. The van der Waals surface area contributed by atoms with Crippen LogP contribution in [0.15, 0.2) is 77.5 Å². The molecule has 1 nitrogen and oxygen atoms in total. The van der Waals surface area contributed by atoms with Crippen LogP contribution in [0.1, 0.15) is 43.9 Å². The lowest BCUT2D eigenvalue weighted by Crippen LogP contribution is -2.05. The highest BCUT2D eigenvalue weighted by Gasteiger charge is 2.07. The Hall–Kier alpha value is -3.15. The third-order valence-corrected chi connectivity index (χ3v) is 5.62. The third-order valence-electron chi connectivity index (χ3n) is 4.94. The van der Waals surface area contributed by atoms with Crippen molar-refractivity contribution in [1.82, 2.24) is 0 Å². The number of carbonyl (C=O) groups excluding carboxylic acids is 1. The molecule has 1 unspecified atom stereocenters. The van der Waals surface area contributed by atoms with Gasteiger partial charge < -0.3 is 4.79 Å². The zero-order valence-corrected chi connectivity index (χ0v) is 19.9. The number of hydrogen-bond acceptors (Lipinski definition) is 2. The normalized spacial score (nSPS) is 12.6. The molecular formula is C30H30OS. The first-order chi connectivity index (χ1) is 15.4. The van der Waals surface area contributed by atoms with Crippen molar-refractivity contribution < 1.29 is 4.79 Å². The van der Waals surface area contributed by atoms with Gasteiger partial charge in [-0.1, -0.05) is 72.5 Å². The number of aldehydes is 1. The van der Waals surface area contributed by atoms with Gasteiger partial charge in [-0.3, -0.25) is 0 Å². The SMILES string of the molecule is CC(C)(C)C#CC=CCC(C=O)Cc1cccc(/C=C/c2cccc(-c3ccsc3)c2)c1. The Balaban J connectivity index is 1.63. The Bertz CT molecular complexity index is 1130. The fraction of sp³-hybridized carbons (Fsp3) is 0.233. The van der Waals surface area contributed by atoms with Gasteiger partial charge >= 0.3 is 0 Å². The van der Waals surface area contributed by atoms with Crippen LogP contribution in [0, 0.1) is 23.2 Å². The molecule has 1 atom stereocenters. The van der Waals surface area contributed by atoms with Crippen molar-refractivity contribution in [2.24, 2.45) is 11.3 Å². The Labute approximate surface area is 196 Å². The van der Waals surface area contributed by atoms with Crippen LogP contribution in [0.5, 0.6) is 0 Å². The summed E-state index contributed by atoms with van der Waals surface area (Å²) in [6.07, 6.45) is 10.6. The molecule has 2 aromatic carbocycles. The third kappa shape index (κ3) is 7.84. The van der Waals surface area contributed by atoms with E-state index in [9.17, 15) is 4.79 Å². The monoisotopic (exact) mass is 438 g/mol. The summed E-state index contributed by atoms with van der Waals surface area (Å²) >= 11 is 1.71. The summed E-state index contributed by atoms with van der Waals surface area (Å²) in [6, 6.07) is 19.1. The summed E-state index contributed by atoms with van der Waals surface area (Å²) in [4.78, 5) is 11.6. The van der Waals surface area contributed by atoms with E-state index in [-0.39, 0.29) is 11.3 Å². The van der Waals surface area contributed by atoms with Crippen LogP contribution < -0.4 is 0 Å². The topological polar surface area (TPSA) is 17.1 Å². The van der Waals surface area contributed by atoms with E-state index < -0.39 is 0 Å². The van der Waals surface area contributed by atoms with Crippen LogP contribution in [0.25, 0.3) is 23.3 Å². The molecule has 1 heterocycles. The lowest BCUT2D eigenvalue weighted by atomic mass is 9.95. The fourth-order valence-corrected chi connectivity index (χ4v) is 3.98. The van der Waals surface area contributed by atoms with E-state index in [0.717, 1.165) is 18.3 Å². The van der Waals surface area contributed by atoms with Crippen LogP contribution in [0.2, 0.25) is 0 Å². The van der Waals surface area contributed by atoms with Crippen LogP contribution in [-0.2, 0) is 11.2 Å². The lowest BCUT2D eigenvalue weighted by molar-refractivity contribution is -0.111. The van der Waals surface area contributed by atoms with Gasteiger partial charge in [0.25, 0.3) is 0 Å². The van der Waals surface area contributed by atoms with Crippen LogP contribution >= 0.6 is 11.3 Å². The molecule has 0 saturated carbocycles. The predicted molar refractivity (Wildman–Crippen MR) is 139 cm³/mol. The van der Waals surface area contributed by atoms with E-state index in [1.165, 1.54) is 22.3 Å². The largest absolute Gasteiger partial charge is 0.303 e. The van der Waals surface area contributed by atoms with Gasteiger partial charge in [-0.2, -0.15) is 11.3 Å². The summed E-state index contributed by atoms with van der Waals surface area (Å²) < 4.78 is 0. The molecule has 0 saturated heterocycles. The number of thiophene rings is 1. The minimum absolute atomic E-state index is 0.00637. The Kier molecular flexibility index (Phi) is 8.42. The first kappa shape index (κ1) is 23.5. The molecule has 0 aliphatic carbocycles. The highest BCUT2D eigenvalue weighted by molar-refractivity contribution is 7.08. The number of benzene rings is 2. The molecule has 0 aliphatic heterocycles. The minimum atomic E-state index is -0.0378. The van der Waals surface area contributed by atoms with Crippen molar-refractivity contribution in [3.63, 3.8) is 0 Å². The number of allylic oxidation sites excluding steroid dienone is 2. The van der Waals surface area contributed by atoms with E-state index in [1.807, 2.05) is 12.2 Å². The number of rotatable bonds is 8. The van der Waals surface area contributed by atoms with E-state index >= 15 is 0 Å². The molecule has 0 amide bonds. The van der Waals surface area contributed by atoms with E-state index in [1.54, 1.807) is 11.3 Å². The quantitative estimate of drug-likeness (QED) is 0.198. The molecule has 32 heavy (non-hydrogen) atoms. The van der Waals surface area contributed by atoms with Crippen LogP contribution in [0.3, 0.4) is 0 Å². The average molecular weight is 439 g/mol. The van der Waals surface area contributed by atoms with E-state index in [0.29, 0.717) is 6.42 Å². The van der Waals surface area contributed by atoms with Crippen molar-refractivity contribution in [2.45, 2.75) is 33.6 Å². The molecule has 0 bridgehead atoms. The standard InChI is InChI=1S/C30H30OS/c1-30(2,3)17-6-4-5-9-27(22-31)20-26-12-7-10-24(19-26)14-15-25-11-8-13-28(21-25)29-16-18-32-23-29/h4-5,7-8,10-16,18-19,21-23,27H,9,20H2,1-3H3/b5-4?,15-14+. The Morgan fingerprint density at radius 2 is 1.72 bits per heavy atom. The van der Waals surface area contributed by atoms with Crippen LogP contribution in [0.4, 0.5) is 0 Å². The average Bonchev–Trinajstić information content (AvgIpc) is 3.31. The second kappa shape index (κ2) is 11.5. The maximum atomic E-state index is 11.6. The zero-order chi connectivity index (χ0) is 22.8. The summed E-state index contributed by atoms with van der Waals surface area (Å²) in [5, 5.41) is 4.27. The number of carbonyl (C=O) groups is 1. The fourth-order valence-electron chi connectivity index (χ4n) is 3.32. The van der Waals surface area contributed by atoms with Crippen molar-refractivity contribution in [1.29, 1.82) is 0 Å². The van der Waals surface area contributed by atoms with Crippen molar-refractivity contribution in [2.75, 3.05) is 0 Å². The molecule has 2 heteroatoms. The van der Waals surface area contributed by atoms with Gasteiger partial charge in [-0.15, -0.1) is 0 Å². The zero-order valence-electron chi connectivity index (χ0n) is 19.0. The molecule has 1 aromatic heterocycles. The molecule has 0 aliphatic rings. The van der Waals surface area contributed by atoms with Gasteiger partial charge in [0.05, 0.1) is 0 Å². The van der Waals surface area contributed by atoms with Gasteiger partial charge in [0.1, 0.15) is 6.29 Å². The van der Waals surface area contributed by atoms with Crippen molar-refractivity contribution >= 4 is 29.8 Å². The molecule has 3 aromatic rings. The van der Waals surface area contributed by atoms with Gasteiger partial charge in [-0.05, 0) is 90.4 Å². The molecule has 0 radical (unpaired) electrons. The van der Waals surface area contributed by atoms with Gasteiger partial charge in [-0.25, -0.2) is 0 Å². The molecule has 0 N–H and O–H groups in total. The highest BCUT2D eigenvalue weighted by Crippen LogP contribution is 2.24. The Morgan fingerprint density at radius 3 is 2.41 bits per heavy atom. The van der Waals surface area contributed by atoms with Crippen LogP contribution in [-0.4, -0.2) is 6.29 Å². The number of hydrogen-bond donors (Lipinski definition) is 0. The maximum absolute atomic E-state index is 11.6. The first-order valence-corrected chi connectivity index (χ1v) is 11.9. The van der Waals surface area contributed by atoms with Gasteiger partial charge in [0.2, 0.25) is 0 Å². The van der Waals surface area contributed by atoms with Crippen molar-refractivity contribution in [3.05, 3.63) is 94.2 Å². The maximum Gasteiger partial charge on any atom is 0.123 e. The summed E-state index contributed by atoms with van der Waals surface area (Å²) in [5.41, 5.74) is 5.96. The second-order valence-corrected chi connectivity index (χ2v) is 9.75. The minimum Gasteiger partial charge on any atom is -0.303 e. The molecular weight excluding hydrogens is 408 g/mol. The summed E-state index contributed by atoms with van der Waals surface area (Å²) in [7, 11) is 0. The highest BCUT2D eigenvalue weighted by atomic mass is 32.1. The second-order valence-electron chi connectivity index (χ2n) is 8.97. The summed E-state index contributed by atoms with van der Waals surface area (Å²) in [5.74, 6) is 6.21. The molecule has 162 valence electrons. The van der Waals surface area contributed by atoms with Gasteiger partial charge in [0.15, 0.2) is 0 Å². The summed E-state index contributed by atoms with van der Waals surface area (Å²) in [6.45, 7) is 6.26. The predicted octanol–water partition coefficient (Wildman–Crippen LogP) is 7.94. The van der Waals surface area contributed by atoms with E-state index in [4.69, 9.17) is 0 Å². The molecule has 0 spiro atoms. The smallest absolute Gasteiger partial charge is 0.123 e. The molecule has 3 rings (SSSR count). The van der Waals surface area contributed by atoms with Crippen molar-refractivity contribution in [3.8, 4) is 23.0 Å². The molecule has 0 fully saturated rings. The lowest BCUT2D eigenvalue weighted by Gasteiger charge is -2.08.